The van der Waals surface area contributed by atoms with Gasteiger partial charge < -0.3 is 4.90 Å². The highest BCUT2D eigenvalue weighted by molar-refractivity contribution is 5.79. The molecule has 0 bridgehead atoms. The van der Waals surface area contributed by atoms with E-state index in [4.69, 9.17) is 0 Å². The molecular formula is C17H31NO. The molecule has 110 valence electrons. The van der Waals surface area contributed by atoms with Crippen LogP contribution < -0.4 is 0 Å². The molecule has 0 aliphatic heterocycles. The van der Waals surface area contributed by atoms with Crippen molar-refractivity contribution < 1.29 is 4.79 Å². The molecule has 0 aromatic rings. The van der Waals surface area contributed by atoms with Crippen LogP contribution in [0.25, 0.3) is 0 Å². The summed E-state index contributed by atoms with van der Waals surface area (Å²) in [6.45, 7) is 8.82. The lowest BCUT2D eigenvalue weighted by atomic mass is 9.75. The molecule has 2 heteroatoms. The molecule has 1 amide bonds. The van der Waals surface area contributed by atoms with Crippen LogP contribution in [-0.2, 0) is 4.79 Å². The maximum absolute atomic E-state index is 12.7. The van der Waals surface area contributed by atoms with Gasteiger partial charge in [0.15, 0.2) is 0 Å². The van der Waals surface area contributed by atoms with Crippen molar-refractivity contribution in [3.05, 3.63) is 0 Å². The fourth-order valence-corrected chi connectivity index (χ4v) is 3.49. The summed E-state index contributed by atoms with van der Waals surface area (Å²) in [5.41, 5.74) is 0. The lowest BCUT2D eigenvalue weighted by Crippen LogP contribution is -2.40. The van der Waals surface area contributed by atoms with Gasteiger partial charge in [-0.05, 0) is 49.9 Å². The van der Waals surface area contributed by atoms with Gasteiger partial charge in [0.2, 0.25) is 5.91 Å². The van der Waals surface area contributed by atoms with E-state index in [9.17, 15) is 4.79 Å². The average Bonchev–Trinajstić information content (AvgIpc) is 3.21. The maximum atomic E-state index is 12.7. The molecule has 0 saturated heterocycles. The van der Waals surface area contributed by atoms with Gasteiger partial charge in [0, 0.05) is 19.0 Å². The summed E-state index contributed by atoms with van der Waals surface area (Å²) >= 11 is 0. The summed E-state index contributed by atoms with van der Waals surface area (Å²) in [5, 5.41) is 0. The Morgan fingerprint density at radius 1 is 1.21 bits per heavy atom. The normalized spacial score (nSPS) is 27.6. The minimum absolute atomic E-state index is 0.325. The van der Waals surface area contributed by atoms with Gasteiger partial charge in [0.25, 0.3) is 0 Å². The maximum Gasteiger partial charge on any atom is 0.225 e. The Morgan fingerprint density at radius 3 is 2.53 bits per heavy atom. The number of hydrogen-bond acceptors (Lipinski definition) is 1. The van der Waals surface area contributed by atoms with Gasteiger partial charge in [-0.2, -0.15) is 0 Å². The van der Waals surface area contributed by atoms with Crippen molar-refractivity contribution in [2.45, 2.75) is 65.7 Å². The quantitative estimate of drug-likeness (QED) is 0.708. The summed E-state index contributed by atoms with van der Waals surface area (Å²) in [5.74, 6) is 3.12. The second kappa shape index (κ2) is 6.76. The Labute approximate surface area is 118 Å². The summed E-state index contributed by atoms with van der Waals surface area (Å²) < 4.78 is 0. The van der Waals surface area contributed by atoms with Crippen LogP contribution in [0, 0.1) is 23.7 Å². The molecule has 0 aromatic heterocycles. The fourth-order valence-electron chi connectivity index (χ4n) is 3.49. The van der Waals surface area contributed by atoms with Crippen LogP contribution >= 0.6 is 0 Å². The Bertz CT molecular complexity index is 296. The minimum atomic E-state index is 0.325. The van der Waals surface area contributed by atoms with Crippen LogP contribution in [-0.4, -0.2) is 23.9 Å². The van der Waals surface area contributed by atoms with Crippen molar-refractivity contribution in [1.82, 2.24) is 4.90 Å². The minimum Gasteiger partial charge on any atom is -0.342 e. The van der Waals surface area contributed by atoms with E-state index in [1.54, 1.807) is 0 Å². The lowest BCUT2D eigenvalue weighted by Gasteiger charge is -2.34. The highest BCUT2D eigenvalue weighted by atomic mass is 16.2. The molecule has 2 saturated carbocycles. The van der Waals surface area contributed by atoms with Crippen LogP contribution in [0.2, 0.25) is 0 Å². The third kappa shape index (κ3) is 4.22. The highest BCUT2D eigenvalue weighted by Crippen LogP contribution is 2.36. The van der Waals surface area contributed by atoms with Crippen molar-refractivity contribution in [3.8, 4) is 0 Å². The molecule has 0 aromatic carbocycles. The summed E-state index contributed by atoms with van der Waals surface area (Å²) in [7, 11) is 0. The second-order valence-corrected chi connectivity index (χ2v) is 7.10. The van der Waals surface area contributed by atoms with Crippen molar-refractivity contribution in [2.75, 3.05) is 13.1 Å². The Hall–Kier alpha value is -0.530. The highest BCUT2D eigenvalue weighted by Gasteiger charge is 2.33. The van der Waals surface area contributed by atoms with Crippen molar-refractivity contribution >= 4 is 5.91 Å². The number of carbonyl (C=O) groups is 1. The topological polar surface area (TPSA) is 20.3 Å². The first-order chi connectivity index (χ1) is 9.11. The van der Waals surface area contributed by atoms with Gasteiger partial charge in [-0.15, -0.1) is 0 Å². The predicted molar refractivity (Wildman–Crippen MR) is 79.9 cm³/mol. The molecule has 2 aliphatic rings. The van der Waals surface area contributed by atoms with E-state index in [1.165, 1.54) is 25.7 Å². The van der Waals surface area contributed by atoms with E-state index in [1.807, 2.05) is 0 Å². The van der Waals surface area contributed by atoms with E-state index < -0.39 is 0 Å². The van der Waals surface area contributed by atoms with E-state index in [0.29, 0.717) is 11.8 Å². The van der Waals surface area contributed by atoms with Crippen molar-refractivity contribution in [2.24, 2.45) is 23.7 Å². The number of amides is 1. The van der Waals surface area contributed by atoms with E-state index in [0.717, 1.165) is 50.1 Å². The van der Waals surface area contributed by atoms with E-state index >= 15 is 0 Å². The van der Waals surface area contributed by atoms with E-state index in [-0.39, 0.29) is 0 Å². The molecule has 19 heavy (non-hydrogen) atoms. The molecule has 0 spiro atoms. The Kier molecular flexibility index (Phi) is 5.29. The van der Waals surface area contributed by atoms with Gasteiger partial charge >= 0.3 is 0 Å². The third-order valence-electron chi connectivity index (χ3n) is 4.99. The molecule has 2 fully saturated rings. The Balaban J connectivity index is 1.91. The lowest BCUT2D eigenvalue weighted by molar-refractivity contribution is -0.137. The van der Waals surface area contributed by atoms with Gasteiger partial charge in [-0.3, -0.25) is 4.79 Å². The number of hydrogen-bond donors (Lipinski definition) is 0. The fraction of sp³-hybridized carbons (Fsp3) is 0.941. The largest absolute Gasteiger partial charge is 0.342 e. The summed E-state index contributed by atoms with van der Waals surface area (Å²) in [6, 6.07) is 0. The summed E-state index contributed by atoms with van der Waals surface area (Å²) in [4.78, 5) is 14.9. The first-order valence-electron chi connectivity index (χ1n) is 8.40. The number of rotatable bonds is 6. The zero-order valence-corrected chi connectivity index (χ0v) is 13.0. The molecule has 2 nitrogen and oxygen atoms in total. The SMILES string of the molecule is CCCN(CC1CC1)C(=O)C1CCCC(C(C)C)C1. The second-order valence-electron chi connectivity index (χ2n) is 7.10. The van der Waals surface area contributed by atoms with Crippen LogP contribution in [0.4, 0.5) is 0 Å². The molecule has 2 rings (SSSR count). The van der Waals surface area contributed by atoms with Gasteiger partial charge in [-0.25, -0.2) is 0 Å². The predicted octanol–water partition coefficient (Wildman–Crippen LogP) is 4.10. The van der Waals surface area contributed by atoms with Gasteiger partial charge in [-0.1, -0.05) is 33.6 Å². The van der Waals surface area contributed by atoms with E-state index in [2.05, 4.69) is 25.7 Å². The molecular weight excluding hydrogens is 234 g/mol. The van der Waals surface area contributed by atoms with Crippen LogP contribution in [0.5, 0.6) is 0 Å². The standard InChI is InChI=1S/C17H31NO/c1-4-10-18(12-14-8-9-14)17(19)16-7-5-6-15(11-16)13(2)3/h13-16H,4-12H2,1-3H3. The molecule has 2 aliphatic carbocycles. The van der Waals surface area contributed by atoms with Gasteiger partial charge in [0.05, 0.1) is 0 Å². The monoisotopic (exact) mass is 265 g/mol. The zero-order valence-electron chi connectivity index (χ0n) is 13.0. The van der Waals surface area contributed by atoms with Crippen molar-refractivity contribution in [1.29, 1.82) is 0 Å². The smallest absolute Gasteiger partial charge is 0.225 e. The Morgan fingerprint density at radius 2 is 1.95 bits per heavy atom. The average molecular weight is 265 g/mol. The first kappa shape index (κ1) is 14.9. The summed E-state index contributed by atoms with van der Waals surface area (Å²) in [6.07, 6.45) is 8.63. The molecule has 2 atom stereocenters. The van der Waals surface area contributed by atoms with Gasteiger partial charge in [0.1, 0.15) is 0 Å². The molecule has 0 heterocycles. The number of nitrogens with zero attached hydrogens (tertiary/aromatic N) is 1. The first-order valence-corrected chi connectivity index (χ1v) is 8.40. The zero-order chi connectivity index (χ0) is 13.8. The number of carbonyl (C=O) groups excluding carboxylic acids is 1. The third-order valence-corrected chi connectivity index (χ3v) is 4.99. The molecule has 0 radical (unpaired) electrons. The molecule has 2 unspecified atom stereocenters. The van der Waals surface area contributed by atoms with Crippen LogP contribution in [0.3, 0.4) is 0 Å². The van der Waals surface area contributed by atoms with Crippen molar-refractivity contribution in [3.63, 3.8) is 0 Å². The molecule has 0 N–H and O–H groups in total. The van der Waals surface area contributed by atoms with Crippen LogP contribution in [0.15, 0.2) is 0 Å². The van der Waals surface area contributed by atoms with Crippen LogP contribution in [0.1, 0.15) is 65.7 Å².